The maximum absolute atomic E-state index is 13.2. The van der Waals surface area contributed by atoms with Crippen molar-refractivity contribution in [1.29, 1.82) is 0 Å². The number of aromatic nitrogens is 6. The zero-order chi connectivity index (χ0) is 34.2. The number of phosphoric ester groups is 1. The second-order valence-electron chi connectivity index (χ2n) is 10.2. The van der Waals surface area contributed by atoms with E-state index in [4.69, 9.17) is 34.5 Å². The normalized spacial score (nSPS) is 29.6. The summed E-state index contributed by atoms with van der Waals surface area (Å²) < 4.78 is 54.3. The second kappa shape index (κ2) is 14.0. The zero-order valence-corrected chi connectivity index (χ0v) is 26.2. The monoisotopic (exact) mass is 706 g/mol. The first-order valence-electron chi connectivity index (χ1n) is 13.6. The molecule has 1 amide bonds. The van der Waals surface area contributed by atoms with Gasteiger partial charge in [-0.25, -0.2) is 19.5 Å². The summed E-state index contributed by atoms with van der Waals surface area (Å²) in [6.07, 6.45) is -9.70. The predicted molar refractivity (Wildman–Crippen MR) is 157 cm³/mol. The number of amides is 1. The number of nitrogens with zero attached hydrogens (tertiary/aromatic N) is 7. The van der Waals surface area contributed by atoms with E-state index in [1.165, 1.54) is 17.9 Å². The van der Waals surface area contributed by atoms with Crippen LogP contribution < -0.4 is 16.8 Å². The number of rotatable bonds is 13. The third kappa shape index (κ3) is 6.92. The smallest absolute Gasteiger partial charge is 0.396 e. The van der Waals surface area contributed by atoms with Crippen LogP contribution in [0.4, 0.5) is 17.6 Å². The molecule has 2 aliphatic heterocycles. The summed E-state index contributed by atoms with van der Waals surface area (Å²) in [6.45, 7) is 2.13. The van der Waals surface area contributed by atoms with Gasteiger partial charge in [-0.2, -0.15) is 9.97 Å². The Labute approximate surface area is 264 Å². The van der Waals surface area contributed by atoms with Crippen LogP contribution in [0.25, 0.3) is 11.2 Å². The lowest BCUT2D eigenvalue weighted by atomic mass is 10.1. The van der Waals surface area contributed by atoms with E-state index in [1.807, 2.05) is 0 Å². The summed E-state index contributed by atoms with van der Waals surface area (Å²) in [7, 11) is -7.51. The number of nitrogen functional groups attached to an aromatic ring is 2. The van der Waals surface area contributed by atoms with Gasteiger partial charge in [0.2, 0.25) is 5.95 Å². The number of aliphatic hydroxyl groups is 3. The number of nitrogens with two attached hydrogens (primary N) is 2. The fourth-order valence-electron chi connectivity index (χ4n) is 5.24. The van der Waals surface area contributed by atoms with Crippen LogP contribution in [0.5, 0.6) is 0 Å². The lowest BCUT2D eigenvalue weighted by molar-refractivity contribution is -0.0595. The lowest BCUT2D eigenvalue weighted by Crippen LogP contribution is -2.36. The highest BCUT2D eigenvalue weighted by Gasteiger charge is 2.51. The molecule has 2 fully saturated rings. The molecule has 5 rings (SSSR count). The van der Waals surface area contributed by atoms with Gasteiger partial charge in [0.05, 0.1) is 25.4 Å². The van der Waals surface area contributed by atoms with E-state index in [9.17, 15) is 39.0 Å². The van der Waals surface area contributed by atoms with Crippen molar-refractivity contribution in [3.8, 4) is 0 Å². The van der Waals surface area contributed by atoms with E-state index in [2.05, 4.69) is 37.0 Å². The molecule has 3 aromatic rings. The number of imidazole rings is 2. The van der Waals surface area contributed by atoms with E-state index >= 15 is 0 Å². The molecule has 0 saturated carbocycles. The summed E-state index contributed by atoms with van der Waals surface area (Å²) in [5.74, 6) is -1.04. The van der Waals surface area contributed by atoms with Crippen LogP contribution in [0.15, 0.2) is 17.6 Å². The van der Waals surface area contributed by atoms with E-state index in [1.54, 1.807) is 0 Å². The third-order valence-corrected chi connectivity index (χ3v) is 8.76. The van der Waals surface area contributed by atoms with Crippen molar-refractivity contribution < 1.29 is 62.1 Å². The number of anilines is 2. The molecule has 25 heteroatoms. The van der Waals surface area contributed by atoms with E-state index in [0.717, 1.165) is 10.9 Å². The summed E-state index contributed by atoms with van der Waals surface area (Å²) in [5, 5.41) is 33.8. The van der Waals surface area contributed by atoms with Crippen LogP contribution in [-0.4, -0.2) is 124 Å². The molecule has 2 saturated heterocycles. The number of aliphatic hydroxyl groups excluding tert-OH is 3. The average molecular weight is 707 g/mol. The Morgan fingerprint density at radius 3 is 2.51 bits per heavy atom. The lowest BCUT2D eigenvalue weighted by Gasteiger charge is -2.25. The SMILES string of the molecule is C=Nc1c(C(=O)NC)ncn1[C@@H]1O[C@H](CCO)[C@@H](O)[C@H]1OP(=O)(O)OC[C@H]1O[C@@H](n2cnc3c(N)nc(N)nc32)[C@H](O)[C@@H]1O[PH](=O)O. The number of hydrogen-bond acceptors (Lipinski definition) is 18. The molecule has 3 aromatic heterocycles. The fraction of sp³-hybridized carbons (Fsp3) is 0.545. The first-order chi connectivity index (χ1) is 22.3. The highest BCUT2D eigenvalue weighted by atomic mass is 31.2. The predicted octanol–water partition coefficient (Wildman–Crippen LogP) is -2.25. The number of phosphoric acid groups is 1. The summed E-state index contributed by atoms with van der Waals surface area (Å²) >= 11 is 0. The van der Waals surface area contributed by atoms with Crippen molar-refractivity contribution in [2.24, 2.45) is 4.99 Å². The van der Waals surface area contributed by atoms with Gasteiger partial charge in [0, 0.05) is 13.7 Å². The minimum atomic E-state index is -5.17. The minimum absolute atomic E-state index is 0.0401. The van der Waals surface area contributed by atoms with Crippen molar-refractivity contribution in [2.75, 3.05) is 31.7 Å². The van der Waals surface area contributed by atoms with Gasteiger partial charge in [-0.05, 0) is 13.1 Å². The van der Waals surface area contributed by atoms with Crippen LogP contribution in [0, 0.1) is 0 Å². The molecular weight excluding hydrogens is 674 g/mol. The van der Waals surface area contributed by atoms with Gasteiger partial charge in [0.1, 0.15) is 36.0 Å². The Bertz CT molecular complexity index is 1710. The Hall–Kier alpha value is -3.44. The molecule has 10 N–H and O–H groups in total. The maximum Gasteiger partial charge on any atom is 0.472 e. The molecule has 5 heterocycles. The number of carbonyl (C=O) groups excluding carboxylic acids is 1. The summed E-state index contributed by atoms with van der Waals surface area (Å²) in [6, 6.07) is 0. The van der Waals surface area contributed by atoms with Crippen molar-refractivity contribution in [2.45, 2.75) is 55.5 Å². The average Bonchev–Trinajstić information content (AvgIpc) is 3.77. The number of aliphatic imine (C=N–C) groups is 1. The zero-order valence-electron chi connectivity index (χ0n) is 24.3. The van der Waals surface area contributed by atoms with Crippen LogP contribution in [0.2, 0.25) is 0 Å². The van der Waals surface area contributed by atoms with Gasteiger partial charge >= 0.3 is 16.1 Å². The van der Waals surface area contributed by atoms with Crippen molar-refractivity contribution in [1.82, 2.24) is 34.4 Å². The van der Waals surface area contributed by atoms with Gasteiger partial charge in [0.25, 0.3) is 5.91 Å². The topological polar surface area (TPSA) is 336 Å². The minimum Gasteiger partial charge on any atom is -0.396 e. The maximum atomic E-state index is 13.2. The second-order valence-corrected chi connectivity index (χ2v) is 12.3. The first-order valence-corrected chi connectivity index (χ1v) is 16.4. The van der Waals surface area contributed by atoms with Crippen LogP contribution >= 0.6 is 16.1 Å². The Kier molecular flexibility index (Phi) is 10.4. The van der Waals surface area contributed by atoms with Crippen LogP contribution in [0.3, 0.4) is 0 Å². The quantitative estimate of drug-likeness (QED) is 0.0687. The molecule has 258 valence electrons. The van der Waals surface area contributed by atoms with Crippen LogP contribution in [0.1, 0.15) is 29.4 Å². The van der Waals surface area contributed by atoms with E-state index in [-0.39, 0.29) is 40.9 Å². The standard InChI is InChI=1S/C22H32N10O13P2/c1-25-17-11(19(36)26-2)28-7-31(17)21-15(12(34)8(42-21)3-4-33)45-47(39,40)41-5-9-14(44-46(37)38)13(35)20(43-9)32-6-27-10-16(23)29-22(24)30-18(10)32/h6-9,12-15,20-21,33-35,46H,1,3-5H2,2H3,(H,26,36)(H,37,38)(H,39,40)(H4,23,24,29,30)/t8-,9-,12-,13-,14-,15-,20-,21-/m1/s1. The molecule has 2 unspecified atom stereocenters. The number of nitrogens with one attached hydrogen (secondary N) is 1. The summed E-state index contributed by atoms with van der Waals surface area (Å²) in [5.41, 5.74) is 11.5. The van der Waals surface area contributed by atoms with Crippen molar-refractivity contribution >= 4 is 57.5 Å². The van der Waals surface area contributed by atoms with Gasteiger partial charge in [-0.3, -0.25) is 27.5 Å². The number of hydrogen-bond donors (Lipinski definition) is 8. The molecule has 47 heavy (non-hydrogen) atoms. The molecule has 0 spiro atoms. The van der Waals surface area contributed by atoms with Gasteiger partial charge in [-0.1, -0.05) is 0 Å². The third-order valence-electron chi connectivity index (χ3n) is 7.30. The Balaban J connectivity index is 1.37. The van der Waals surface area contributed by atoms with Crippen molar-refractivity contribution in [3.63, 3.8) is 0 Å². The van der Waals surface area contributed by atoms with E-state index < -0.39 is 84.3 Å². The molecular formula is C22H32N10O13P2. The van der Waals surface area contributed by atoms with E-state index in [0.29, 0.717) is 0 Å². The first kappa shape index (κ1) is 34.9. The molecule has 0 radical (unpaired) electrons. The van der Waals surface area contributed by atoms with Gasteiger partial charge in [0.15, 0.2) is 35.4 Å². The largest absolute Gasteiger partial charge is 0.472 e. The van der Waals surface area contributed by atoms with Gasteiger partial charge in [-0.15, -0.1) is 0 Å². The summed E-state index contributed by atoms with van der Waals surface area (Å²) in [4.78, 5) is 52.1. The molecule has 0 aliphatic carbocycles. The highest BCUT2D eigenvalue weighted by molar-refractivity contribution is 7.47. The number of carbonyl (C=O) groups is 1. The Morgan fingerprint density at radius 2 is 1.85 bits per heavy atom. The highest BCUT2D eigenvalue weighted by Crippen LogP contribution is 2.51. The molecule has 10 atom stereocenters. The van der Waals surface area contributed by atoms with Crippen molar-refractivity contribution in [3.05, 3.63) is 18.3 Å². The molecule has 0 aromatic carbocycles. The number of fused-ring (bicyclic) bond motifs is 1. The van der Waals surface area contributed by atoms with Crippen LogP contribution in [-0.2, 0) is 32.2 Å². The molecule has 2 aliphatic rings. The molecule has 23 nitrogen and oxygen atoms in total. The number of ether oxygens (including phenoxy) is 2. The van der Waals surface area contributed by atoms with Gasteiger partial charge < -0.3 is 55.9 Å². The Morgan fingerprint density at radius 1 is 1.15 bits per heavy atom. The molecule has 0 bridgehead atoms. The fourth-order valence-corrected chi connectivity index (χ4v) is 6.69.